The molecule has 1 fully saturated rings. The Bertz CT molecular complexity index is 1550. The van der Waals surface area contributed by atoms with Gasteiger partial charge in [0.25, 0.3) is 0 Å². The molecule has 0 spiro atoms. The Morgan fingerprint density at radius 3 is 1.83 bits per heavy atom. The van der Waals surface area contributed by atoms with Crippen LogP contribution in [0.5, 0.6) is 23.0 Å². The number of phenols is 1. The first-order valence-electron chi connectivity index (χ1n) is 17.6. The predicted octanol–water partition coefficient (Wildman–Crippen LogP) is 12.4. The first kappa shape index (κ1) is 36.3. The van der Waals surface area contributed by atoms with Gasteiger partial charge in [-0.3, -0.25) is 0 Å². The summed E-state index contributed by atoms with van der Waals surface area (Å²) in [4.78, 5) is 0. The average molecular weight is 687 g/mol. The number of rotatable bonds is 10. The zero-order valence-electron chi connectivity index (χ0n) is 29.6. The quantitative estimate of drug-likeness (QED) is 0.221. The van der Waals surface area contributed by atoms with E-state index in [0.717, 1.165) is 52.5 Å². The fraction of sp³-hybridized carbons (Fsp3) is 0.476. The van der Waals surface area contributed by atoms with Gasteiger partial charge >= 0.3 is 0 Å². The SMILES string of the molecule is CC(C)(C)c1cc(CSC2CCCCCCC2SCC2=C(O)C(Oc3ccccc3)=CC(C(C)(C)C)C2)c(O)c(Oc2ccccc2)c1. The van der Waals surface area contributed by atoms with Crippen molar-refractivity contribution in [2.45, 2.75) is 108 Å². The number of phenolic OH excluding ortho intramolecular Hbond substituents is 1. The molecule has 3 aromatic rings. The zero-order valence-corrected chi connectivity index (χ0v) is 31.3. The normalized spacial score (nSPS) is 20.9. The summed E-state index contributed by atoms with van der Waals surface area (Å²) < 4.78 is 12.5. The van der Waals surface area contributed by atoms with Crippen molar-refractivity contribution in [3.05, 3.63) is 107 Å². The number of aliphatic hydroxyl groups excluding tert-OH is 1. The van der Waals surface area contributed by atoms with Crippen molar-refractivity contribution in [1.29, 1.82) is 0 Å². The van der Waals surface area contributed by atoms with Crippen LogP contribution in [0, 0.1) is 11.3 Å². The van der Waals surface area contributed by atoms with Gasteiger partial charge in [-0.2, -0.15) is 23.5 Å². The standard InChI is InChI=1S/C42H54O4S2/c1-41(2,3)31-23-29(39(43)35(25-31)45-33-17-11-9-12-18-33)27-47-37-21-15-7-8-16-22-38(37)48-28-30-24-32(42(4,5)6)26-36(40(30)44)46-34-19-13-10-14-20-34/h9-14,17-20,23,25-26,32,37-38,43-44H,7-8,15-16,21-22,24,27-28H2,1-6H3. The molecule has 0 aromatic heterocycles. The van der Waals surface area contributed by atoms with Gasteiger partial charge in [0, 0.05) is 27.6 Å². The first-order valence-corrected chi connectivity index (χ1v) is 19.7. The molecule has 3 aromatic carbocycles. The topological polar surface area (TPSA) is 58.9 Å². The van der Waals surface area contributed by atoms with Crippen LogP contribution in [-0.4, -0.2) is 26.5 Å². The van der Waals surface area contributed by atoms with Crippen molar-refractivity contribution in [2.75, 3.05) is 5.75 Å². The molecule has 0 aliphatic heterocycles. The minimum absolute atomic E-state index is 0.0488. The van der Waals surface area contributed by atoms with Gasteiger partial charge in [-0.25, -0.2) is 0 Å². The molecule has 1 saturated carbocycles. The maximum atomic E-state index is 11.5. The molecule has 4 nitrogen and oxygen atoms in total. The van der Waals surface area contributed by atoms with Gasteiger partial charge in [-0.1, -0.05) is 110 Å². The van der Waals surface area contributed by atoms with Crippen LogP contribution < -0.4 is 9.47 Å². The third kappa shape index (κ3) is 9.81. The second-order valence-corrected chi connectivity index (χ2v) is 17.9. The molecule has 2 aliphatic carbocycles. The lowest BCUT2D eigenvalue weighted by atomic mass is 9.75. The maximum Gasteiger partial charge on any atom is 0.169 e. The molecule has 0 heterocycles. The minimum Gasteiger partial charge on any atom is -0.504 e. The van der Waals surface area contributed by atoms with Crippen LogP contribution >= 0.6 is 23.5 Å². The summed E-state index contributed by atoms with van der Waals surface area (Å²) in [5.41, 5.74) is 3.13. The summed E-state index contributed by atoms with van der Waals surface area (Å²) in [6.45, 7) is 13.4. The highest BCUT2D eigenvalue weighted by molar-refractivity contribution is 8.03. The van der Waals surface area contributed by atoms with Crippen molar-refractivity contribution in [1.82, 2.24) is 0 Å². The number of hydrogen-bond acceptors (Lipinski definition) is 6. The fourth-order valence-electron chi connectivity index (χ4n) is 6.34. The lowest BCUT2D eigenvalue weighted by molar-refractivity contribution is 0.255. The largest absolute Gasteiger partial charge is 0.504 e. The van der Waals surface area contributed by atoms with E-state index in [4.69, 9.17) is 9.47 Å². The number of aliphatic hydroxyl groups is 1. The Morgan fingerprint density at radius 2 is 1.27 bits per heavy atom. The van der Waals surface area contributed by atoms with Gasteiger partial charge in [0.05, 0.1) is 0 Å². The molecule has 0 radical (unpaired) electrons. The molecular weight excluding hydrogens is 633 g/mol. The second kappa shape index (κ2) is 16.2. The van der Waals surface area contributed by atoms with E-state index in [0.29, 0.717) is 27.8 Å². The zero-order chi connectivity index (χ0) is 34.3. The summed E-state index contributed by atoms with van der Waals surface area (Å²) in [5.74, 6) is 4.87. The van der Waals surface area contributed by atoms with Gasteiger partial charge in [0.1, 0.15) is 11.5 Å². The molecule has 5 rings (SSSR count). The van der Waals surface area contributed by atoms with Crippen molar-refractivity contribution in [2.24, 2.45) is 11.3 Å². The smallest absolute Gasteiger partial charge is 0.169 e. The van der Waals surface area contributed by atoms with Crippen molar-refractivity contribution in [3.8, 4) is 23.0 Å². The Labute approximate surface area is 297 Å². The summed E-state index contributed by atoms with van der Waals surface area (Å²) in [5, 5.41) is 23.9. The molecule has 6 heteroatoms. The van der Waals surface area contributed by atoms with Crippen LogP contribution in [0.15, 0.2) is 96.0 Å². The van der Waals surface area contributed by atoms with Crippen molar-refractivity contribution >= 4 is 23.5 Å². The van der Waals surface area contributed by atoms with Crippen LogP contribution in [0.3, 0.4) is 0 Å². The Kier molecular flexibility index (Phi) is 12.2. The summed E-state index contributed by atoms with van der Waals surface area (Å²) in [7, 11) is 0. The Balaban J connectivity index is 1.34. The molecule has 2 aliphatic rings. The Hall–Kier alpha value is -2.96. The van der Waals surface area contributed by atoms with Crippen LogP contribution in [0.4, 0.5) is 0 Å². The highest BCUT2D eigenvalue weighted by Crippen LogP contribution is 2.45. The van der Waals surface area contributed by atoms with E-state index in [1.165, 1.54) is 32.1 Å². The number of para-hydroxylation sites is 2. The number of thioether (sulfide) groups is 2. The van der Waals surface area contributed by atoms with Crippen LogP contribution in [0.25, 0.3) is 0 Å². The average Bonchev–Trinajstić information content (AvgIpc) is 3.03. The number of ether oxygens (including phenoxy) is 2. The van der Waals surface area contributed by atoms with E-state index < -0.39 is 0 Å². The number of allylic oxidation sites excluding steroid dienone is 1. The van der Waals surface area contributed by atoms with E-state index in [9.17, 15) is 10.2 Å². The lowest BCUT2D eigenvalue weighted by Crippen LogP contribution is -2.26. The highest BCUT2D eigenvalue weighted by atomic mass is 32.2. The fourth-order valence-corrected chi connectivity index (χ4v) is 9.47. The minimum atomic E-state index is -0.0846. The number of hydrogen-bond donors (Lipinski definition) is 2. The van der Waals surface area contributed by atoms with E-state index in [1.807, 2.05) is 90.3 Å². The molecular formula is C42H54O4S2. The molecule has 3 atom stereocenters. The van der Waals surface area contributed by atoms with E-state index in [2.05, 4.69) is 53.7 Å². The second-order valence-electron chi connectivity index (χ2n) is 15.4. The number of aromatic hydroxyl groups is 1. The van der Waals surface area contributed by atoms with Gasteiger partial charge in [-0.15, -0.1) is 0 Å². The van der Waals surface area contributed by atoms with Crippen LogP contribution in [0.2, 0.25) is 0 Å². The monoisotopic (exact) mass is 686 g/mol. The summed E-state index contributed by atoms with van der Waals surface area (Å²) in [6.07, 6.45) is 10.3. The Morgan fingerprint density at radius 1 is 0.708 bits per heavy atom. The van der Waals surface area contributed by atoms with E-state index in [1.54, 1.807) is 0 Å². The third-order valence-corrected chi connectivity index (χ3v) is 12.7. The highest BCUT2D eigenvalue weighted by Gasteiger charge is 2.33. The van der Waals surface area contributed by atoms with Crippen molar-refractivity contribution < 1.29 is 19.7 Å². The molecule has 0 bridgehead atoms. The lowest BCUT2D eigenvalue weighted by Gasteiger charge is -2.34. The molecule has 258 valence electrons. The van der Waals surface area contributed by atoms with Gasteiger partial charge < -0.3 is 19.7 Å². The molecule has 0 saturated heterocycles. The third-order valence-electron chi connectivity index (χ3n) is 9.53. The molecule has 3 unspecified atom stereocenters. The summed E-state index contributed by atoms with van der Waals surface area (Å²) >= 11 is 3.98. The maximum absolute atomic E-state index is 11.5. The van der Waals surface area contributed by atoms with Crippen LogP contribution in [0.1, 0.15) is 97.6 Å². The van der Waals surface area contributed by atoms with E-state index >= 15 is 0 Å². The first-order chi connectivity index (χ1) is 22.9. The van der Waals surface area contributed by atoms with Crippen LogP contribution in [-0.2, 0) is 11.2 Å². The predicted molar refractivity (Wildman–Crippen MR) is 205 cm³/mol. The molecule has 2 N–H and O–H groups in total. The number of benzene rings is 3. The summed E-state index contributed by atoms with van der Waals surface area (Å²) in [6, 6.07) is 23.6. The van der Waals surface area contributed by atoms with E-state index in [-0.39, 0.29) is 22.5 Å². The van der Waals surface area contributed by atoms with Gasteiger partial charge in [0.15, 0.2) is 23.0 Å². The molecule has 48 heavy (non-hydrogen) atoms. The van der Waals surface area contributed by atoms with Gasteiger partial charge in [-0.05, 0) is 83.6 Å². The van der Waals surface area contributed by atoms with Gasteiger partial charge in [0.2, 0.25) is 0 Å². The molecule has 0 amide bonds. The van der Waals surface area contributed by atoms with Crippen molar-refractivity contribution in [3.63, 3.8) is 0 Å².